The van der Waals surface area contributed by atoms with Gasteiger partial charge in [-0.25, -0.2) is 0 Å². The first-order valence-electron chi connectivity index (χ1n) is 8.09. The van der Waals surface area contributed by atoms with Gasteiger partial charge in [-0.3, -0.25) is 0 Å². The summed E-state index contributed by atoms with van der Waals surface area (Å²) in [5.41, 5.74) is 1.15. The standard InChI is InChI=1S/C19H19IO4/c20-16-18-17(24-19(16)23-14-9-5-2-6-10-14)15(12-22-18)21-11-13-7-3-1-4-8-13/h1-10,15-19H,11-12H2/t15-,16-,17-,18-,19-/m1/s1. The molecule has 5 heteroatoms. The fraction of sp³-hybridized carbons (Fsp3) is 0.368. The lowest BCUT2D eigenvalue weighted by atomic mass is 10.1. The van der Waals surface area contributed by atoms with Crippen molar-refractivity contribution in [2.45, 2.75) is 35.1 Å². The van der Waals surface area contributed by atoms with Crippen LogP contribution in [0.4, 0.5) is 0 Å². The number of hydrogen-bond acceptors (Lipinski definition) is 4. The van der Waals surface area contributed by atoms with Crippen molar-refractivity contribution in [2.24, 2.45) is 0 Å². The van der Waals surface area contributed by atoms with Gasteiger partial charge in [0.15, 0.2) is 0 Å². The predicted molar refractivity (Wildman–Crippen MR) is 98.3 cm³/mol. The van der Waals surface area contributed by atoms with Crippen LogP contribution in [0.15, 0.2) is 60.7 Å². The Morgan fingerprint density at radius 1 is 0.958 bits per heavy atom. The van der Waals surface area contributed by atoms with Gasteiger partial charge in [0.05, 0.1) is 13.2 Å². The first kappa shape index (κ1) is 16.3. The van der Waals surface area contributed by atoms with Gasteiger partial charge in [0, 0.05) is 0 Å². The zero-order valence-corrected chi connectivity index (χ0v) is 15.2. The number of rotatable bonds is 5. The Kier molecular flexibility index (Phi) is 5.03. The fourth-order valence-corrected chi connectivity index (χ4v) is 4.01. The number of alkyl halides is 1. The van der Waals surface area contributed by atoms with E-state index in [0.717, 1.165) is 11.3 Å². The minimum Gasteiger partial charge on any atom is -0.464 e. The van der Waals surface area contributed by atoms with Crippen molar-refractivity contribution in [1.29, 1.82) is 0 Å². The quantitative estimate of drug-likeness (QED) is 0.529. The Labute approximate surface area is 155 Å². The van der Waals surface area contributed by atoms with Crippen molar-refractivity contribution in [2.75, 3.05) is 6.61 Å². The third kappa shape index (κ3) is 3.44. The fourth-order valence-electron chi connectivity index (χ4n) is 3.08. The lowest BCUT2D eigenvalue weighted by Gasteiger charge is -2.20. The molecule has 0 amide bonds. The highest BCUT2D eigenvalue weighted by atomic mass is 127. The van der Waals surface area contributed by atoms with Crippen LogP contribution < -0.4 is 4.74 Å². The molecule has 0 bridgehead atoms. The number of fused-ring (bicyclic) bond motifs is 1. The number of hydrogen-bond donors (Lipinski definition) is 0. The summed E-state index contributed by atoms with van der Waals surface area (Å²) in [7, 11) is 0. The summed E-state index contributed by atoms with van der Waals surface area (Å²) in [4.78, 5) is 0. The molecule has 0 spiro atoms. The second kappa shape index (κ2) is 7.39. The zero-order chi connectivity index (χ0) is 16.4. The third-order valence-electron chi connectivity index (χ3n) is 4.31. The third-order valence-corrected chi connectivity index (χ3v) is 5.61. The van der Waals surface area contributed by atoms with Gasteiger partial charge in [0.25, 0.3) is 0 Å². The molecule has 2 saturated heterocycles. The topological polar surface area (TPSA) is 36.9 Å². The lowest BCUT2D eigenvalue weighted by molar-refractivity contribution is -0.115. The summed E-state index contributed by atoms with van der Waals surface area (Å²) in [6, 6.07) is 19.9. The highest BCUT2D eigenvalue weighted by Crippen LogP contribution is 2.38. The first-order valence-corrected chi connectivity index (χ1v) is 9.34. The molecule has 4 rings (SSSR count). The van der Waals surface area contributed by atoms with Crippen LogP contribution in [-0.4, -0.2) is 35.1 Å². The zero-order valence-electron chi connectivity index (χ0n) is 13.1. The molecule has 126 valence electrons. The van der Waals surface area contributed by atoms with Gasteiger partial charge in [0.1, 0.15) is 28.0 Å². The molecular weight excluding hydrogens is 419 g/mol. The lowest BCUT2D eigenvalue weighted by Crippen LogP contribution is -2.31. The van der Waals surface area contributed by atoms with Crippen molar-refractivity contribution in [3.63, 3.8) is 0 Å². The van der Waals surface area contributed by atoms with Crippen molar-refractivity contribution in [3.05, 3.63) is 66.2 Å². The van der Waals surface area contributed by atoms with E-state index >= 15 is 0 Å². The van der Waals surface area contributed by atoms with Crippen LogP contribution in [0, 0.1) is 0 Å². The molecule has 0 unspecified atom stereocenters. The molecular formula is C19H19IO4. The Balaban J connectivity index is 1.37. The van der Waals surface area contributed by atoms with Gasteiger partial charge in [-0.1, -0.05) is 71.1 Å². The van der Waals surface area contributed by atoms with E-state index in [-0.39, 0.29) is 28.5 Å². The SMILES string of the molecule is I[C@H]1[C@H](Oc2ccccc2)O[C@H]2[C@@H]1OC[C@H]2OCc1ccccc1. The van der Waals surface area contributed by atoms with E-state index in [0.29, 0.717) is 13.2 Å². The number of halogens is 1. The van der Waals surface area contributed by atoms with Crippen molar-refractivity contribution in [3.8, 4) is 5.75 Å². The van der Waals surface area contributed by atoms with Crippen LogP contribution in [-0.2, 0) is 20.8 Å². The molecule has 4 nitrogen and oxygen atoms in total. The van der Waals surface area contributed by atoms with E-state index in [1.54, 1.807) is 0 Å². The molecule has 0 aliphatic carbocycles. The minimum atomic E-state index is -0.314. The largest absolute Gasteiger partial charge is 0.464 e. The molecule has 24 heavy (non-hydrogen) atoms. The number of ether oxygens (including phenoxy) is 4. The van der Waals surface area contributed by atoms with Crippen LogP contribution in [0.5, 0.6) is 5.75 Å². The van der Waals surface area contributed by atoms with Crippen molar-refractivity contribution < 1.29 is 18.9 Å². The summed E-state index contributed by atoms with van der Waals surface area (Å²) in [5.74, 6) is 0.811. The van der Waals surface area contributed by atoms with E-state index in [4.69, 9.17) is 18.9 Å². The molecule has 0 aromatic heterocycles. The van der Waals surface area contributed by atoms with E-state index in [9.17, 15) is 0 Å². The summed E-state index contributed by atoms with van der Waals surface area (Å²) in [6.07, 6.45) is -0.438. The van der Waals surface area contributed by atoms with E-state index in [1.807, 2.05) is 48.5 Å². The summed E-state index contributed by atoms with van der Waals surface area (Å²) in [5, 5.41) is 0. The first-order chi connectivity index (χ1) is 11.8. The maximum Gasteiger partial charge on any atom is 0.214 e. The molecule has 2 aromatic rings. The van der Waals surface area contributed by atoms with E-state index in [2.05, 4.69) is 34.7 Å². The molecule has 2 aliphatic heterocycles. The molecule has 0 N–H and O–H groups in total. The van der Waals surface area contributed by atoms with Gasteiger partial charge >= 0.3 is 0 Å². The van der Waals surface area contributed by atoms with Crippen LogP contribution in [0.1, 0.15) is 5.56 Å². The summed E-state index contributed by atoms with van der Waals surface area (Å²) in [6.45, 7) is 1.14. The van der Waals surface area contributed by atoms with Crippen LogP contribution in [0.25, 0.3) is 0 Å². The Hall–Kier alpha value is -1.15. The predicted octanol–water partition coefficient (Wildman–Crippen LogP) is 3.58. The van der Waals surface area contributed by atoms with Crippen LogP contribution in [0.3, 0.4) is 0 Å². The normalized spacial score (nSPS) is 31.8. The van der Waals surface area contributed by atoms with Gasteiger partial charge in [-0.05, 0) is 17.7 Å². The average molecular weight is 438 g/mol. The second-order valence-electron chi connectivity index (χ2n) is 5.98. The van der Waals surface area contributed by atoms with Crippen molar-refractivity contribution >= 4 is 22.6 Å². The van der Waals surface area contributed by atoms with Gasteiger partial charge < -0.3 is 18.9 Å². The molecule has 0 saturated carbocycles. The van der Waals surface area contributed by atoms with E-state index in [1.165, 1.54) is 0 Å². The smallest absolute Gasteiger partial charge is 0.214 e. The Morgan fingerprint density at radius 2 is 1.67 bits per heavy atom. The average Bonchev–Trinajstić information content (AvgIpc) is 3.16. The van der Waals surface area contributed by atoms with Crippen molar-refractivity contribution in [1.82, 2.24) is 0 Å². The highest BCUT2D eigenvalue weighted by molar-refractivity contribution is 14.1. The summed E-state index contributed by atoms with van der Waals surface area (Å²) >= 11 is 2.36. The molecule has 2 aromatic carbocycles. The Morgan fingerprint density at radius 3 is 2.42 bits per heavy atom. The maximum absolute atomic E-state index is 6.12. The van der Waals surface area contributed by atoms with Crippen LogP contribution >= 0.6 is 22.6 Å². The van der Waals surface area contributed by atoms with Gasteiger partial charge in [-0.2, -0.15) is 0 Å². The molecule has 2 heterocycles. The van der Waals surface area contributed by atoms with Crippen LogP contribution in [0.2, 0.25) is 0 Å². The molecule has 0 radical (unpaired) electrons. The minimum absolute atomic E-state index is 0.0140. The van der Waals surface area contributed by atoms with E-state index < -0.39 is 0 Å². The second-order valence-corrected chi connectivity index (χ2v) is 7.42. The molecule has 5 atom stereocenters. The number of para-hydroxylation sites is 1. The number of benzene rings is 2. The van der Waals surface area contributed by atoms with Gasteiger partial charge in [0.2, 0.25) is 6.29 Å². The van der Waals surface area contributed by atoms with Gasteiger partial charge in [-0.15, -0.1) is 0 Å². The summed E-state index contributed by atoms with van der Waals surface area (Å²) < 4.78 is 24.2. The molecule has 2 fully saturated rings. The molecule has 2 aliphatic rings. The monoisotopic (exact) mass is 438 g/mol. The maximum atomic E-state index is 6.12. The Bertz CT molecular complexity index is 651. The highest BCUT2D eigenvalue weighted by Gasteiger charge is 2.53.